The number of rotatable bonds is 4. The maximum absolute atomic E-state index is 9.13. The first-order valence-corrected chi connectivity index (χ1v) is 5.78. The van der Waals surface area contributed by atoms with Gasteiger partial charge < -0.3 is 15.2 Å². The highest BCUT2D eigenvalue weighted by Crippen LogP contribution is 2.26. The molecule has 18 heavy (non-hydrogen) atoms. The van der Waals surface area contributed by atoms with E-state index in [-0.39, 0.29) is 5.75 Å². The molecule has 2 aromatic rings. The number of hydrogen-bond acceptors (Lipinski definition) is 4. The number of halogens is 1. The Hall–Kier alpha value is -1.94. The maximum Gasteiger partial charge on any atom is 0.133 e. The zero-order valence-corrected chi connectivity index (χ0v) is 10.6. The number of benzene rings is 1. The zero-order chi connectivity index (χ0) is 13.0. The van der Waals surface area contributed by atoms with Crippen LogP contribution in [-0.4, -0.2) is 17.2 Å². The van der Waals surface area contributed by atoms with Crippen molar-refractivity contribution in [2.24, 2.45) is 0 Å². The molecule has 2 N–H and O–H groups in total. The third-order valence-electron chi connectivity index (χ3n) is 2.44. The molecule has 0 amide bonds. The van der Waals surface area contributed by atoms with E-state index in [4.69, 9.17) is 21.4 Å². The quantitative estimate of drug-likeness (QED) is 0.891. The Morgan fingerprint density at radius 1 is 1.33 bits per heavy atom. The van der Waals surface area contributed by atoms with Crippen molar-refractivity contribution < 1.29 is 9.84 Å². The summed E-state index contributed by atoms with van der Waals surface area (Å²) in [5.41, 5.74) is 1.59. The van der Waals surface area contributed by atoms with Crippen molar-refractivity contribution in [3.05, 3.63) is 47.2 Å². The zero-order valence-electron chi connectivity index (χ0n) is 9.85. The molecule has 0 fully saturated rings. The molecule has 1 aromatic carbocycles. The molecule has 0 unspecified atom stereocenters. The Morgan fingerprint density at radius 3 is 2.83 bits per heavy atom. The monoisotopic (exact) mass is 264 g/mol. The summed E-state index contributed by atoms with van der Waals surface area (Å²) in [6, 6.07) is 8.73. The number of anilines is 1. The summed E-state index contributed by atoms with van der Waals surface area (Å²) in [6.45, 7) is 0.521. The van der Waals surface area contributed by atoms with Crippen molar-refractivity contribution in [1.29, 1.82) is 0 Å². The molecule has 1 heterocycles. The predicted molar refractivity (Wildman–Crippen MR) is 71.2 cm³/mol. The molecule has 1 aromatic heterocycles. The van der Waals surface area contributed by atoms with Gasteiger partial charge in [0, 0.05) is 6.07 Å². The highest BCUT2D eigenvalue weighted by molar-refractivity contribution is 6.33. The van der Waals surface area contributed by atoms with Crippen LogP contribution >= 0.6 is 11.6 Å². The number of aromatic hydroxyl groups is 1. The fourth-order valence-electron chi connectivity index (χ4n) is 1.47. The Morgan fingerprint density at radius 2 is 2.17 bits per heavy atom. The van der Waals surface area contributed by atoms with E-state index in [1.54, 1.807) is 31.4 Å². The summed E-state index contributed by atoms with van der Waals surface area (Å²) in [6.07, 6.45) is 1.41. The van der Waals surface area contributed by atoms with Crippen molar-refractivity contribution in [3.8, 4) is 11.5 Å². The molecule has 0 saturated carbocycles. The minimum atomic E-state index is 0.151. The SMILES string of the molecule is COc1ccc(Cl)c(NCc2ccc(O)cn2)c1. The molecule has 0 aliphatic heterocycles. The van der Waals surface area contributed by atoms with E-state index in [1.807, 2.05) is 6.07 Å². The molecular formula is C13H13ClN2O2. The number of methoxy groups -OCH3 is 1. The van der Waals surface area contributed by atoms with E-state index in [9.17, 15) is 0 Å². The molecule has 0 spiro atoms. The largest absolute Gasteiger partial charge is 0.506 e. The molecule has 94 valence electrons. The van der Waals surface area contributed by atoms with E-state index < -0.39 is 0 Å². The molecule has 5 heteroatoms. The molecule has 0 atom stereocenters. The first-order chi connectivity index (χ1) is 8.69. The first kappa shape index (κ1) is 12.5. The van der Waals surface area contributed by atoms with Gasteiger partial charge in [-0.1, -0.05) is 11.6 Å². The van der Waals surface area contributed by atoms with Gasteiger partial charge in [-0.15, -0.1) is 0 Å². The van der Waals surface area contributed by atoms with Crippen LogP contribution in [0.3, 0.4) is 0 Å². The molecule has 0 bridgehead atoms. The van der Waals surface area contributed by atoms with Crippen molar-refractivity contribution in [2.45, 2.75) is 6.54 Å². The number of ether oxygens (including phenoxy) is 1. The Labute approximate surface area is 110 Å². The number of aromatic nitrogens is 1. The molecule has 0 aliphatic carbocycles. The lowest BCUT2D eigenvalue weighted by molar-refractivity contribution is 0.415. The standard InChI is InChI=1S/C13H13ClN2O2/c1-18-11-4-5-12(14)13(6-11)16-7-9-2-3-10(17)8-15-9/h2-6,8,16-17H,7H2,1H3. The lowest BCUT2D eigenvalue weighted by atomic mass is 10.3. The van der Waals surface area contributed by atoms with Gasteiger partial charge in [-0.3, -0.25) is 4.98 Å². The molecule has 0 aliphatic rings. The fraction of sp³-hybridized carbons (Fsp3) is 0.154. The fourth-order valence-corrected chi connectivity index (χ4v) is 1.66. The van der Waals surface area contributed by atoms with Crippen molar-refractivity contribution >= 4 is 17.3 Å². The van der Waals surface area contributed by atoms with Gasteiger partial charge in [-0.05, 0) is 24.3 Å². The average Bonchev–Trinajstić information content (AvgIpc) is 2.40. The van der Waals surface area contributed by atoms with Gasteiger partial charge in [-0.25, -0.2) is 0 Å². The average molecular weight is 265 g/mol. The van der Waals surface area contributed by atoms with Gasteiger partial charge in [0.05, 0.1) is 36.3 Å². The van der Waals surface area contributed by atoms with Gasteiger partial charge in [0.1, 0.15) is 11.5 Å². The molecule has 4 nitrogen and oxygen atoms in total. The number of pyridine rings is 1. The van der Waals surface area contributed by atoms with Crippen molar-refractivity contribution in [2.75, 3.05) is 12.4 Å². The van der Waals surface area contributed by atoms with E-state index in [0.717, 1.165) is 17.1 Å². The van der Waals surface area contributed by atoms with E-state index >= 15 is 0 Å². The molecule has 0 radical (unpaired) electrons. The number of hydrogen-bond donors (Lipinski definition) is 2. The minimum absolute atomic E-state index is 0.151. The second kappa shape index (κ2) is 5.60. The van der Waals surface area contributed by atoms with E-state index in [2.05, 4.69) is 10.3 Å². The maximum atomic E-state index is 9.13. The summed E-state index contributed by atoms with van der Waals surface area (Å²) in [5.74, 6) is 0.888. The van der Waals surface area contributed by atoms with Gasteiger partial charge in [0.15, 0.2) is 0 Å². The van der Waals surface area contributed by atoms with Crippen LogP contribution in [0.1, 0.15) is 5.69 Å². The topological polar surface area (TPSA) is 54.4 Å². The lowest BCUT2D eigenvalue weighted by Gasteiger charge is -2.09. The van der Waals surface area contributed by atoms with Crippen LogP contribution in [-0.2, 0) is 6.54 Å². The first-order valence-electron chi connectivity index (χ1n) is 5.40. The van der Waals surface area contributed by atoms with E-state index in [1.165, 1.54) is 6.20 Å². The van der Waals surface area contributed by atoms with Crippen LogP contribution in [0.15, 0.2) is 36.5 Å². The van der Waals surface area contributed by atoms with E-state index in [0.29, 0.717) is 11.6 Å². The van der Waals surface area contributed by atoms with Crippen LogP contribution in [0.25, 0.3) is 0 Å². The second-order valence-electron chi connectivity index (χ2n) is 3.71. The molecule has 2 rings (SSSR count). The normalized spacial score (nSPS) is 10.1. The number of nitrogens with one attached hydrogen (secondary N) is 1. The Kier molecular flexibility index (Phi) is 3.89. The highest BCUT2D eigenvalue weighted by atomic mass is 35.5. The summed E-state index contributed by atoms with van der Waals surface area (Å²) in [7, 11) is 1.61. The second-order valence-corrected chi connectivity index (χ2v) is 4.11. The van der Waals surface area contributed by atoms with Gasteiger partial charge in [0.25, 0.3) is 0 Å². The Bertz CT molecular complexity index is 529. The van der Waals surface area contributed by atoms with Gasteiger partial charge >= 0.3 is 0 Å². The lowest BCUT2D eigenvalue weighted by Crippen LogP contribution is -2.02. The number of nitrogens with zero attached hydrogens (tertiary/aromatic N) is 1. The van der Waals surface area contributed by atoms with Gasteiger partial charge in [0.2, 0.25) is 0 Å². The molecule has 0 saturated heterocycles. The van der Waals surface area contributed by atoms with Crippen LogP contribution in [0.4, 0.5) is 5.69 Å². The molecular weight excluding hydrogens is 252 g/mol. The minimum Gasteiger partial charge on any atom is -0.506 e. The van der Waals surface area contributed by atoms with Crippen LogP contribution in [0.2, 0.25) is 5.02 Å². The third kappa shape index (κ3) is 3.05. The Balaban J connectivity index is 2.07. The highest BCUT2D eigenvalue weighted by Gasteiger charge is 2.03. The van der Waals surface area contributed by atoms with Crippen LogP contribution < -0.4 is 10.1 Å². The summed E-state index contributed by atoms with van der Waals surface area (Å²) in [4.78, 5) is 4.08. The van der Waals surface area contributed by atoms with Crippen molar-refractivity contribution in [3.63, 3.8) is 0 Å². The third-order valence-corrected chi connectivity index (χ3v) is 2.77. The van der Waals surface area contributed by atoms with Crippen LogP contribution in [0.5, 0.6) is 11.5 Å². The smallest absolute Gasteiger partial charge is 0.133 e. The summed E-state index contributed by atoms with van der Waals surface area (Å²) in [5, 5.41) is 12.9. The summed E-state index contributed by atoms with van der Waals surface area (Å²) < 4.78 is 5.13. The van der Waals surface area contributed by atoms with Crippen molar-refractivity contribution in [1.82, 2.24) is 4.98 Å². The van der Waals surface area contributed by atoms with Gasteiger partial charge in [-0.2, -0.15) is 0 Å². The predicted octanol–water partition coefficient (Wildman–Crippen LogP) is 3.06. The van der Waals surface area contributed by atoms with Crippen LogP contribution in [0, 0.1) is 0 Å². The summed E-state index contributed by atoms with van der Waals surface area (Å²) >= 11 is 6.07.